The van der Waals surface area contributed by atoms with Crippen LogP contribution in [0.15, 0.2) is 35.2 Å². The third-order valence-corrected chi connectivity index (χ3v) is 3.28. The number of likely N-dealkylation sites (N-methyl/N-ethyl adjacent to an activating group) is 1. The normalized spacial score (nSPS) is 13.4. The first-order valence-corrected chi connectivity index (χ1v) is 6.58. The Morgan fingerprint density at radius 2 is 2.26 bits per heavy atom. The molecule has 2 N–H and O–H groups in total. The molecular formula is C14H22N4O. The van der Waals surface area contributed by atoms with Crippen LogP contribution in [0.1, 0.15) is 37.3 Å². The molecule has 5 heteroatoms. The maximum absolute atomic E-state index is 5.91. The highest BCUT2D eigenvalue weighted by Gasteiger charge is 2.18. The van der Waals surface area contributed by atoms with Crippen molar-refractivity contribution in [2.45, 2.75) is 32.5 Å². The summed E-state index contributed by atoms with van der Waals surface area (Å²) in [7, 11) is 2.05. The van der Waals surface area contributed by atoms with E-state index in [2.05, 4.69) is 30.0 Å². The number of nitrogens with two attached hydrogens (primary N) is 1. The van der Waals surface area contributed by atoms with Gasteiger partial charge in [0.15, 0.2) is 0 Å². The second kappa shape index (κ2) is 6.04. The average molecular weight is 262 g/mol. The largest absolute Gasteiger partial charge is 0.468 e. The Bertz CT molecular complexity index is 489. The Labute approximate surface area is 114 Å². The first kappa shape index (κ1) is 13.8. The fourth-order valence-corrected chi connectivity index (χ4v) is 2.14. The molecular weight excluding hydrogens is 240 g/mol. The Hall–Kier alpha value is -1.59. The summed E-state index contributed by atoms with van der Waals surface area (Å²) in [4.78, 5) is 2.18. The zero-order valence-electron chi connectivity index (χ0n) is 11.8. The molecule has 5 nitrogen and oxygen atoms in total. The molecule has 0 fully saturated rings. The highest BCUT2D eigenvalue weighted by molar-refractivity contribution is 5.12. The molecule has 0 saturated heterocycles. The van der Waals surface area contributed by atoms with E-state index in [-0.39, 0.29) is 6.04 Å². The maximum Gasteiger partial charge on any atom is 0.117 e. The summed E-state index contributed by atoms with van der Waals surface area (Å²) in [6.45, 7) is 5.52. The van der Waals surface area contributed by atoms with Crippen molar-refractivity contribution >= 4 is 0 Å². The van der Waals surface area contributed by atoms with Crippen LogP contribution in [-0.2, 0) is 6.54 Å². The lowest BCUT2D eigenvalue weighted by Crippen LogP contribution is -2.29. The van der Waals surface area contributed by atoms with Gasteiger partial charge in [0.25, 0.3) is 0 Å². The molecule has 19 heavy (non-hydrogen) atoms. The van der Waals surface area contributed by atoms with E-state index >= 15 is 0 Å². The van der Waals surface area contributed by atoms with Crippen LogP contribution >= 0.6 is 0 Å². The first-order chi connectivity index (χ1) is 9.11. The van der Waals surface area contributed by atoms with Gasteiger partial charge in [0.2, 0.25) is 0 Å². The first-order valence-electron chi connectivity index (χ1n) is 6.58. The zero-order valence-corrected chi connectivity index (χ0v) is 11.8. The summed E-state index contributed by atoms with van der Waals surface area (Å²) in [5.74, 6) is 0.942. The lowest BCUT2D eigenvalue weighted by atomic mass is 10.1. The summed E-state index contributed by atoms with van der Waals surface area (Å²) < 4.78 is 7.33. The summed E-state index contributed by atoms with van der Waals surface area (Å²) in [5, 5.41) is 4.37. The lowest BCUT2D eigenvalue weighted by Gasteiger charge is -2.25. The van der Waals surface area contributed by atoms with Crippen LogP contribution in [0.4, 0.5) is 0 Å². The van der Waals surface area contributed by atoms with Crippen molar-refractivity contribution in [3.8, 4) is 0 Å². The Balaban J connectivity index is 2.09. The smallest absolute Gasteiger partial charge is 0.117 e. The Morgan fingerprint density at radius 3 is 2.79 bits per heavy atom. The molecule has 0 aliphatic rings. The molecule has 0 saturated carbocycles. The third-order valence-electron chi connectivity index (χ3n) is 3.28. The topological polar surface area (TPSA) is 60.2 Å². The van der Waals surface area contributed by atoms with E-state index in [0.717, 1.165) is 17.9 Å². The predicted molar refractivity (Wildman–Crippen MR) is 74.6 cm³/mol. The van der Waals surface area contributed by atoms with Gasteiger partial charge in [-0.2, -0.15) is 5.10 Å². The van der Waals surface area contributed by atoms with Crippen molar-refractivity contribution in [3.63, 3.8) is 0 Å². The molecule has 1 unspecified atom stereocenters. The molecule has 0 aliphatic heterocycles. The van der Waals surface area contributed by atoms with Gasteiger partial charge in [0, 0.05) is 24.3 Å². The highest BCUT2D eigenvalue weighted by atomic mass is 16.3. The zero-order chi connectivity index (χ0) is 13.8. The van der Waals surface area contributed by atoms with Crippen molar-refractivity contribution in [2.24, 2.45) is 5.73 Å². The molecule has 0 aliphatic carbocycles. The van der Waals surface area contributed by atoms with E-state index in [0.29, 0.717) is 12.6 Å². The van der Waals surface area contributed by atoms with Crippen LogP contribution in [0.2, 0.25) is 0 Å². The Morgan fingerprint density at radius 1 is 1.47 bits per heavy atom. The van der Waals surface area contributed by atoms with Crippen LogP contribution in [0.5, 0.6) is 0 Å². The summed E-state index contributed by atoms with van der Waals surface area (Å²) in [6.07, 6.45) is 5.66. The van der Waals surface area contributed by atoms with E-state index in [4.69, 9.17) is 10.2 Å². The fourth-order valence-electron chi connectivity index (χ4n) is 2.14. The van der Waals surface area contributed by atoms with E-state index in [1.807, 2.05) is 30.1 Å². The van der Waals surface area contributed by atoms with Crippen LogP contribution in [0, 0.1) is 0 Å². The number of furan rings is 1. The molecule has 1 atom stereocenters. The van der Waals surface area contributed by atoms with Gasteiger partial charge < -0.3 is 10.2 Å². The molecule has 0 aromatic carbocycles. The van der Waals surface area contributed by atoms with Crippen molar-refractivity contribution in [1.29, 1.82) is 0 Å². The van der Waals surface area contributed by atoms with Crippen molar-refractivity contribution in [3.05, 3.63) is 42.1 Å². The van der Waals surface area contributed by atoms with Crippen molar-refractivity contribution in [1.82, 2.24) is 14.7 Å². The monoisotopic (exact) mass is 262 g/mol. The number of hydrogen-bond acceptors (Lipinski definition) is 4. The van der Waals surface area contributed by atoms with Gasteiger partial charge in [-0.3, -0.25) is 9.58 Å². The SMILES string of the molecule is CC(C)n1cc(C(CN)N(C)Cc2ccco2)cn1. The fraction of sp³-hybridized carbons (Fsp3) is 0.500. The second-order valence-corrected chi connectivity index (χ2v) is 5.09. The van der Waals surface area contributed by atoms with Gasteiger partial charge in [-0.05, 0) is 33.0 Å². The molecule has 104 valence electrons. The molecule has 2 rings (SSSR count). The minimum absolute atomic E-state index is 0.151. The quantitative estimate of drug-likeness (QED) is 0.867. The second-order valence-electron chi connectivity index (χ2n) is 5.09. The van der Waals surface area contributed by atoms with Gasteiger partial charge in [-0.1, -0.05) is 0 Å². The molecule has 2 heterocycles. The molecule has 2 aromatic rings. The number of aromatic nitrogens is 2. The third kappa shape index (κ3) is 3.24. The minimum Gasteiger partial charge on any atom is -0.468 e. The molecule has 0 amide bonds. The minimum atomic E-state index is 0.151. The van der Waals surface area contributed by atoms with Gasteiger partial charge >= 0.3 is 0 Å². The summed E-state index contributed by atoms with van der Waals surface area (Å²) in [5.41, 5.74) is 7.05. The Kier molecular flexibility index (Phi) is 4.39. The maximum atomic E-state index is 5.91. The van der Waals surface area contributed by atoms with E-state index < -0.39 is 0 Å². The highest BCUT2D eigenvalue weighted by Crippen LogP contribution is 2.21. The van der Waals surface area contributed by atoms with Gasteiger partial charge in [0.1, 0.15) is 5.76 Å². The van der Waals surface area contributed by atoms with Crippen molar-refractivity contribution in [2.75, 3.05) is 13.6 Å². The number of rotatable bonds is 6. The van der Waals surface area contributed by atoms with E-state index in [1.165, 1.54) is 0 Å². The predicted octanol–water partition coefficient (Wildman–Crippen LogP) is 2.19. The van der Waals surface area contributed by atoms with Gasteiger partial charge in [-0.15, -0.1) is 0 Å². The van der Waals surface area contributed by atoms with Crippen LogP contribution in [0.3, 0.4) is 0 Å². The summed E-state index contributed by atoms with van der Waals surface area (Å²) >= 11 is 0. The van der Waals surface area contributed by atoms with Gasteiger partial charge in [0.05, 0.1) is 25.0 Å². The number of nitrogens with zero attached hydrogens (tertiary/aromatic N) is 3. The molecule has 0 bridgehead atoms. The summed E-state index contributed by atoms with van der Waals surface area (Å²) in [6, 6.07) is 4.39. The molecule has 0 spiro atoms. The van der Waals surface area contributed by atoms with Crippen LogP contribution in [0.25, 0.3) is 0 Å². The number of hydrogen-bond donors (Lipinski definition) is 1. The van der Waals surface area contributed by atoms with E-state index in [1.54, 1.807) is 6.26 Å². The van der Waals surface area contributed by atoms with Crippen LogP contribution in [-0.4, -0.2) is 28.3 Å². The van der Waals surface area contributed by atoms with Crippen molar-refractivity contribution < 1.29 is 4.42 Å². The standard InChI is InChI=1S/C14H22N4O/c1-11(2)18-9-12(8-16-18)14(7-15)17(3)10-13-5-4-6-19-13/h4-6,8-9,11,14H,7,10,15H2,1-3H3. The van der Waals surface area contributed by atoms with Gasteiger partial charge in [-0.25, -0.2) is 0 Å². The lowest BCUT2D eigenvalue weighted by molar-refractivity contribution is 0.223. The van der Waals surface area contributed by atoms with E-state index in [9.17, 15) is 0 Å². The van der Waals surface area contributed by atoms with Crippen LogP contribution < -0.4 is 5.73 Å². The molecule has 0 radical (unpaired) electrons. The average Bonchev–Trinajstić information content (AvgIpc) is 3.01. The molecule has 2 aromatic heterocycles.